The summed E-state index contributed by atoms with van der Waals surface area (Å²) < 4.78 is 4.00. The van der Waals surface area contributed by atoms with Crippen molar-refractivity contribution in [2.45, 2.75) is 66.2 Å². The van der Waals surface area contributed by atoms with Crippen LogP contribution in [-0.2, 0) is 10.8 Å². The van der Waals surface area contributed by atoms with Crippen molar-refractivity contribution in [1.29, 1.82) is 0 Å². The minimum atomic E-state index is -0.0136. The smallest absolute Gasteiger partial charge is 0.161 e. The Morgan fingerprint density at radius 1 is 0.538 bits per heavy atom. The number of aromatic nitrogens is 4. The van der Waals surface area contributed by atoms with Crippen molar-refractivity contribution in [1.82, 2.24) is 19.6 Å². The lowest BCUT2D eigenvalue weighted by Crippen LogP contribution is -2.19. The molecule has 3 aromatic carbocycles. The maximum atomic E-state index is 5.12. The second-order valence-electron chi connectivity index (χ2n) is 12.4. The monoisotopic (exact) mass is 517 g/mol. The van der Waals surface area contributed by atoms with E-state index in [0.717, 1.165) is 40.1 Å². The van der Waals surface area contributed by atoms with Gasteiger partial charge in [0.25, 0.3) is 0 Å². The number of hydrogen-bond donors (Lipinski definition) is 0. The van der Waals surface area contributed by atoms with Crippen LogP contribution in [0.5, 0.6) is 0 Å². The van der Waals surface area contributed by atoms with E-state index in [2.05, 4.69) is 115 Å². The third kappa shape index (κ3) is 5.40. The van der Waals surface area contributed by atoms with Crippen molar-refractivity contribution in [3.05, 3.63) is 114 Å². The number of rotatable bonds is 5. The minimum absolute atomic E-state index is 0.0136. The molecule has 0 saturated heterocycles. The van der Waals surface area contributed by atoms with Gasteiger partial charge in [-0.3, -0.25) is 4.90 Å². The molecule has 5 rings (SSSR count). The molecular weight excluding hydrogens is 478 g/mol. The van der Waals surface area contributed by atoms with Gasteiger partial charge in [-0.2, -0.15) is 0 Å². The lowest BCUT2D eigenvalue weighted by molar-refractivity contribution is 0.568. The maximum absolute atomic E-state index is 5.12. The van der Waals surface area contributed by atoms with E-state index in [1.807, 2.05) is 45.8 Å². The molecule has 5 nitrogen and oxygen atoms in total. The first-order valence-corrected chi connectivity index (χ1v) is 13.6. The highest BCUT2D eigenvalue weighted by atomic mass is 15.4. The summed E-state index contributed by atoms with van der Waals surface area (Å²) in [6.07, 6.45) is 0. The molecule has 0 amide bonds. The normalized spacial score (nSPS) is 12.1. The minimum Gasteiger partial charge on any atom is -0.276 e. The zero-order valence-electron chi connectivity index (χ0n) is 24.4. The molecule has 0 spiro atoms. The van der Waals surface area contributed by atoms with E-state index in [0.29, 0.717) is 0 Å². The molecule has 39 heavy (non-hydrogen) atoms. The first kappa shape index (κ1) is 26.5. The molecular formula is C34H39N5. The third-order valence-corrected chi connectivity index (χ3v) is 7.12. The second kappa shape index (κ2) is 9.88. The quantitative estimate of drug-likeness (QED) is 0.234. The fraction of sp³-hybridized carbons (Fsp3) is 0.294. The molecule has 200 valence electrons. The van der Waals surface area contributed by atoms with Crippen molar-refractivity contribution >= 4 is 17.3 Å². The highest BCUT2D eigenvalue weighted by Crippen LogP contribution is 2.39. The van der Waals surface area contributed by atoms with E-state index in [1.165, 1.54) is 11.1 Å². The van der Waals surface area contributed by atoms with Crippen LogP contribution in [0, 0.1) is 13.8 Å². The molecule has 0 atom stereocenters. The first-order chi connectivity index (χ1) is 18.4. The van der Waals surface area contributed by atoms with E-state index in [4.69, 9.17) is 10.2 Å². The fourth-order valence-electron chi connectivity index (χ4n) is 4.78. The number of para-hydroxylation sites is 2. The van der Waals surface area contributed by atoms with Crippen molar-refractivity contribution in [2.75, 3.05) is 4.90 Å². The molecule has 0 N–H and O–H groups in total. The molecule has 5 heteroatoms. The Bertz CT molecular complexity index is 1460. The van der Waals surface area contributed by atoms with Crippen LogP contribution in [0.4, 0.5) is 17.3 Å². The van der Waals surface area contributed by atoms with E-state index in [9.17, 15) is 0 Å². The van der Waals surface area contributed by atoms with Crippen molar-refractivity contribution in [2.24, 2.45) is 0 Å². The van der Waals surface area contributed by atoms with Crippen molar-refractivity contribution in [3.8, 4) is 11.4 Å². The van der Waals surface area contributed by atoms with Gasteiger partial charge in [0.15, 0.2) is 11.6 Å². The predicted octanol–water partition coefficient (Wildman–Crippen LogP) is 8.74. The fourth-order valence-corrected chi connectivity index (χ4v) is 4.78. The van der Waals surface area contributed by atoms with Crippen LogP contribution < -0.4 is 4.90 Å². The largest absolute Gasteiger partial charge is 0.276 e. The van der Waals surface area contributed by atoms with Gasteiger partial charge >= 0.3 is 0 Å². The summed E-state index contributed by atoms with van der Waals surface area (Å²) in [6, 6.07) is 31.8. The summed E-state index contributed by atoms with van der Waals surface area (Å²) in [4.78, 5) is 2.20. The Hall–Kier alpha value is -4.12. The van der Waals surface area contributed by atoms with E-state index in [-0.39, 0.29) is 10.8 Å². The highest BCUT2D eigenvalue weighted by molar-refractivity contribution is 5.74. The summed E-state index contributed by atoms with van der Waals surface area (Å²) >= 11 is 0. The maximum Gasteiger partial charge on any atom is 0.161 e. The molecule has 0 aliphatic rings. The van der Waals surface area contributed by atoms with Crippen LogP contribution in [0.2, 0.25) is 0 Å². The molecule has 0 unspecified atom stereocenters. The van der Waals surface area contributed by atoms with Crippen LogP contribution in [0.3, 0.4) is 0 Å². The Morgan fingerprint density at radius 2 is 0.923 bits per heavy atom. The zero-order valence-corrected chi connectivity index (χ0v) is 24.4. The summed E-state index contributed by atoms with van der Waals surface area (Å²) in [5.74, 6) is 1.67. The zero-order chi connectivity index (χ0) is 27.9. The molecule has 0 bridgehead atoms. The van der Waals surface area contributed by atoms with Crippen LogP contribution in [-0.4, -0.2) is 19.6 Å². The number of aryl methyl sites for hydroxylation is 2. The van der Waals surface area contributed by atoms with Gasteiger partial charge in [0.2, 0.25) is 0 Å². The molecule has 0 aliphatic heterocycles. The molecule has 0 saturated carbocycles. The number of nitrogens with zero attached hydrogens (tertiary/aromatic N) is 5. The Morgan fingerprint density at radius 3 is 1.28 bits per heavy atom. The molecule has 5 aromatic rings. The van der Waals surface area contributed by atoms with E-state index >= 15 is 0 Å². The number of benzene rings is 3. The standard InChI is InChI=1S/C34H39N5/c1-24-19-31(35-38(24)28-15-11-9-12-16-28)37(32-20-25(2)39(36-32)29-17-13-10-14-18-29)30-22-26(33(3,4)5)21-27(23-30)34(6,7)8/h9-23H,1-8H3. The Balaban J connectivity index is 1.75. The number of anilines is 3. The molecule has 0 fully saturated rings. The van der Waals surface area contributed by atoms with Gasteiger partial charge in [0.05, 0.1) is 11.4 Å². The lowest BCUT2D eigenvalue weighted by atomic mass is 9.80. The van der Waals surface area contributed by atoms with E-state index in [1.54, 1.807) is 0 Å². The van der Waals surface area contributed by atoms with Gasteiger partial charge in [-0.15, -0.1) is 10.2 Å². The summed E-state index contributed by atoms with van der Waals surface area (Å²) in [5, 5.41) is 10.2. The SMILES string of the molecule is Cc1cc(N(c2cc(C(C)(C)C)cc(C(C)(C)C)c2)c2cc(C)n(-c3ccccc3)n2)nn1-c1ccccc1. The molecule has 2 aromatic heterocycles. The van der Waals surface area contributed by atoms with Crippen molar-refractivity contribution < 1.29 is 0 Å². The van der Waals surface area contributed by atoms with Crippen molar-refractivity contribution in [3.63, 3.8) is 0 Å². The average molecular weight is 518 g/mol. The number of hydrogen-bond acceptors (Lipinski definition) is 3. The average Bonchev–Trinajstić information content (AvgIpc) is 3.46. The summed E-state index contributed by atoms with van der Waals surface area (Å²) in [7, 11) is 0. The van der Waals surface area contributed by atoms with Crippen LogP contribution in [0.1, 0.15) is 64.1 Å². The van der Waals surface area contributed by atoms with E-state index < -0.39 is 0 Å². The van der Waals surface area contributed by atoms with Crippen LogP contribution in [0.15, 0.2) is 91.0 Å². The Labute approximate surface area is 232 Å². The van der Waals surface area contributed by atoms with Gasteiger partial charge in [-0.25, -0.2) is 9.36 Å². The first-order valence-electron chi connectivity index (χ1n) is 13.6. The molecule has 0 aliphatic carbocycles. The third-order valence-electron chi connectivity index (χ3n) is 7.12. The highest BCUT2D eigenvalue weighted by Gasteiger charge is 2.26. The van der Waals surface area contributed by atoms with Crippen LogP contribution in [0.25, 0.3) is 11.4 Å². The topological polar surface area (TPSA) is 38.9 Å². The van der Waals surface area contributed by atoms with Gasteiger partial charge in [-0.1, -0.05) is 84.0 Å². The summed E-state index contributed by atoms with van der Waals surface area (Å²) in [6.45, 7) is 17.8. The van der Waals surface area contributed by atoms with Gasteiger partial charge in [0.1, 0.15) is 0 Å². The Kier molecular flexibility index (Phi) is 6.71. The predicted molar refractivity (Wildman–Crippen MR) is 162 cm³/mol. The van der Waals surface area contributed by atoms with Crippen LogP contribution >= 0.6 is 0 Å². The second-order valence-corrected chi connectivity index (χ2v) is 12.4. The van der Waals surface area contributed by atoms with Gasteiger partial charge < -0.3 is 0 Å². The lowest BCUT2D eigenvalue weighted by Gasteiger charge is -2.29. The summed E-state index contributed by atoms with van der Waals surface area (Å²) in [5.41, 5.74) is 7.79. The van der Waals surface area contributed by atoms with Gasteiger partial charge in [0, 0.05) is 29.2 Å². The molecule has 2 heterocycles. The molecule has 0 radical (unpaired) electrons. The van der Waals surface area contributed by atoms with Gasteiger partial charge in [-0.05, 0) is 72.2 Å².